The zero-order valence-corrected chi connectivity index (χ0v) is 17.8. The van der Waals surface area contributed by atoms with Gasteiger partial charge in [-0.25, -0.2) is 0 Å². The molecule has 0 unspecified atom stereocenters. The first kappa shape index (κ1) is 20.5. The van der Waals surface area contributed by atoms with E-state index in [0.717, 1.165) is 11.1 Å². The van der Waals surface area contributed by atoms with E-state index in [2.05, 4.69) is 15.5 Å². The molecule has 1 aromatic heterocycles. The van der Waals surface area contributed by atoms with Gasteiger partial charge in [-0.3, -0.25) is 10.1 Å². The number of fused-ring (bicyclic) bond motifs is 1. The van der Waals surface area contributed by atoms with Gasteiger partial charge in [-0.05, 0) is 35.9 Å². The first-order chi connectivity index (χ1) is 15.1. The van der Waals surface area contributed by atoms with Crippen molar-refractivity contribution in [2.75, 3.05) is 33.4 Å². The lowest BCUT2D eigenvalue weighted by Gasteiger charge is -2.12. The highest BCUT2D eigenvalue weighted by atomic mass is 32.1. The zero-order chi connectivity index (χ0) is 21.8. The summed E-state index contributed by atoms with van der Waals surface area (Å²) in [4.78, 5) is 12.3. The van der Waals surface area contributed by atoms with Gasteiger partial charge < -0.3 is 23.7 Å². The number of carbonyl (C=O) groups excluding carboxylic acids is 1. The van der Waals surface area contributed by atoms with E-state index in [4.69, 9.17) is 23.7 Å². The number of methoxy groups -OCH3 is 3. The van der Waals surface area contributed by atoms with E-state index in [0.29, 0.717) is 38.9 Å². The first-order valence-corrected chi connectivity index (χ1v) is 9.95. The second-order valence-electron chi connectivity index (χ2n) is 6.26. The van der Waals surface area contributed by atoms with Gasteiger partial charge in [0.15, 0.2) is 23.0 Å². The minimum atomic E-state index is -0.328. The number of anilines is 1. The number of hydrogen-bond acceptors (Lipinski definition) is 9. The second-order valence-corrected chi connectivity index (χ2v) is 7.24. The van der Waals surface area contributed by atoms with Crippen LogP contribution in [0.4, 0.5) is 5.13 Å². The van der Waals surface area contributed by atoms with E-state index in [1.165, 1.54) is 24.5 Å². The molecular weight excluding hydrogens is 422 g/mol. The third-order valence-electron chi connectivity index (χ3n) is 4.39. The molecule has 10 heteroatoms. The summed E-state index contributed by atoms with van der Waals surface area (Å²) in [7, 11) is 4.62. The van der Waals surface area contributed by atoms with Crippen LogP contribution in [0.15, 0.2) is 36.4 Å². The Kier molecular flexibility index (Phi) is 5.89. The van der Waals surface area contributed by atoms with Crippen LogP contribution >= 0.6 is 11.3 Å². The standard InChI is InChI=1S/C21H19N3O6S/c1-26-16-9-13(10-17(27-2)19(16)28-3)20-23-24-21(31-20)22-18(25)7-5-12-4-6-14-15(8-12)30-11-29-14/h4-10H,11H2,1-3H3,(H,22,24,25)/b7-5-. The Morgan fingerprint density at radius 1 is 1.03 bits per heavy atom. The molecule has 1 aliphatic heterocycles. The summed E-state index contributed by atoms with van der Waals surface area (Å²) in [6.07, 6.45) is 3.09. The van der Waals surface area contributed by atoms with Crippen molar-refractivity contribution >= 4 is 28.5 Å². The predicted octanol–water partition coefficient (Wildman–Crippen LogP) is 3.61. The fraction of sp³-hybridized carbons (Fsp3) is 0.190. The Hall–Kier alpha value is -3.79. The number of hydrogen-bond donors (Lipinski definition) is 1. The van der Waals surface area contributed by atoms with Gasteiger partial charge in [0.05, 0.1) is 21.3 Å². The molecule has 9 nitrogen and oxygen atoms in total. The number of carbonyl (C=O) groups is 1. The van der Waals surface area contributed by atoms with Gasteiger partial charge in [0.1, 0.15) is 5.01 Å². The fourth-order valence-electron chi connectivity index (χ4n) is 2.93. The lowest BCUT2D eigenvalue weighted by atomic mass is 10.2. The molecule has 160 valence electrons. The number of nitrogens with one attached hydrogen (secondary N) is 1. The van der Waals surface area contributed by atoms with Crippen LogP contribution in [0.1, 0.15) is 5.56 Å². The molecule has 1 amide bonds. The lowest BCUT2D eigenvalue weighted by molar-refractivity contribution is -0.111. The third kappa shape index (κ3) is 4.38. The van der Waals surface area contributed by atoms with Crippen molar-refractivity contribution in [1.82, 2.24) is 10.2 Å². The Balaban J connectivity index is 1.47. The number of rotatable bonds is 7. The highest BCUT2D eigenvalue weighted by Gasteiger charge is 2.17. The Morgan fingerprint density at radius 2 is 1.77 bits per heavy atom. The second kappa shape index (κ2) is 8.92. The molecule has 0 radical (unpaired) electrons. The Morgan fingerprint density at radius 3 is 2.48 bits per heavy atom. The van der Waals surface area contributed by atoms with E-state index in [1.807, 2.05) is 6.07 Å². The van der Waals surface area contributed by atoms with Gasteiger partial charge >= 0.3 is 0 Å². The maximum Gasteiger partial charge on any atom is 0.250 e. The van der Waals surface area contributed by atoms with E-state index < -0.39 is 0 Å². The molecule has 0 aliphatic carbocycles. The van der Waals surface area contributed by atoms with Gasteiger partial charge in [-0.2, -0.15) is 0 Å². The number of amides is 1. The molecule has 4 rings (SSSR count). The van der Waals surface area contributed by atoms with E-state index in [1.54, 1.807) is 44.6 Å². The molecule has 0 saturated carbocycles. The van der Waals surface area contributed by atoms with Crippen LogP contribution in [0.5, 0.6) is 28.7 Å². The topological polar surface area (TPSA) is 101 Å². The number of ether oxygens (including phenoxy) is 5. The monoisotopic (exact) mass is 441 g/mol. The average Bonchev–Trinajstić information content (AvgIpc) is 3.45. The van der Waals surface area contributed by atoms with Crippen molar-refractivity contribution in [2.24, 2.45) is 0 Å². The van der Waals surface area contributed by atoms with E-state index in [9.17, 15) is 4.79 Å². The Bertz CT molecular complexity index is 1120. The molecule has 1 aliphatic rings. The minimum absolute atomic E-state index is 0.203. The third-order valence-corrected chi connectivity index (χ3v) is 5.28. The molecule has 2 aromatic carbocycles. The molecule has 0 fully saturated rings. The molecule has 0 spiro atoms. The fourth-order valence-corrected chi connectivity index (χ4v) is 3.66. The number of benzene rings is 2. The van der Waals surface area contributed by atoms with Crippen molar-refractivity contribution in [3.63, 3.8) is 0 Å². The highest BCUT2D eigenvalue weighted by Crippen LogP contribution is 2.42. The summed E-state index contributed by atoms with van der Waals surface area (Å²) >= 11 is 1.23. The minimum Gasteiger partial charge on any atom is -0.493 e. The molecule has 3 aromatic rings. The summed E-state index contributed by atoms with van der Waals surface area (Å²) in [5.41, 5.74) is 1.54. The molecule has 31 heavy (non-hydrogen) atoms. The van der Waals surface area contributed by atoms with Crippen molar-refractivity contribution in [3.8, 4) is 39.3 Å². The van der Waals surface area contributed by atoms with Crippen molar-refractivity contribution in [3.05, 3.63) is 42.0 Å². The number of aromatic nitrogens is 2. The maximum absolute atomic E-state index is 12.3. The van der Waals surface area contributed by atoms with Gasteiger partial charge in [-0.1, -0.05) is 17.4 Å². The maximum atomic E-state index is 12.3. The van der Waals surface area contributed by atoms with Crippen LogP contribution in [-0.4, -0.2) is 44.2 Å². The lowest BCUT2D eigenvalue weighted by Crippen LogP contribution is -2.07. The zero-order valence-electron chi connectivity index (χ0n) is 17.0. The van der Waals surface area contributed by atoms with Gasteiger partial charge in [0, 0.05) is 11.6 Å². The van der Waals surface area contributed by atoms with Gasteiger partial charge in [0.2, 0.25) is 23.6 Å². The van der Waals surface area contributed by atoms with Crippen LogP contribution in [0.2, 0.25) is 0 Å². The molecule has 0 atom stereocenters. The summed E-state index contributed by atoms with van der Waals surface area (Å²) in [6.45, 7) is 0.203. The normalized spacial score (nSPS) is 12.1. The highest BCUT2D eigenvalue weighted by molar-refractivity contribution is 7.18. The first-order valence-electron chi connectivity index (χ1n) is 9.14. The molecule has 0 saturated heterocycles. The van der Waals surface area contributed by atoms with Crippen molar-refractivity contribution in [1.29, 1.82) is 0 Å². The predicted molar refractivity (Wildman–Crippen MR) is 115 cm³/mol. The summed E-state index contributed by atoms with van der Waals surface area (Å²) < 4.78 is 26.7. The summed E-state index contributed by atoms with van der Waals surface area (Å²) in [5, 5.41) is 11.9. The van der Waals surface area contributed by atoms with Gasteiger partial charge in [0.25, 0.3) is 0 Å². The smallest absolute Gasteiger partial charge is 0.250 e. The largest absolute Gasteiger partial charge is 0.493 e. The van der Waals surface area contributed by atoms with E-state index >= 15 is 0 Å². The van der Waals surface area contributed by atoms with Crippen molar-refractivity contribution in [2.45, 2.75) is 0 Å². The molecular formula is C21H19N3O6S. The van der Waals surface area contributed by atoms with Crippen LogP contribution in [0.25, 0.3) is 16.6 Å². The van der Waals surface area contributed by atoms with Gasteiger partial charge in [-0.15, -0.1) is 10.2 Å². The SMILES string of the molecule is COc1cc(-c2nnc(NC(=O)/C=C\c3ccc4c(c3)OCO4)s2)cc(OC)c1OC. The summed E-state index contributed by atoms with van der Waals surface area (Å²) in [6, 6.07) is 8.98. The molecule has 0 bridgehead atoms. The van der Waals surface area contributed by atoms with Crippen LogP contribution in [0.3, 0.4) is 0 Å². The number of nitrogens with zero attached hydrogens (tertiary/aromatic N) is 2. The van der Waals surface area contributed by atoms with Crippen molar-refractivity contribution < 1.29 is 28.5 Å². The molecule has 2 heterocycles. The van der Waals surface area contributed by atoms with Crippen LogP contribution < -0.4 is 29.0 Å². The average molecular weight is 441 g/mol. The molecule has 1 N–H and O–H groups in total. The Labute approximate surface area is 182 Å². The van der Waals surface area contributed by atoms with E-state index in [-0.39, 0.29) is 12.7 Å². The van der Waals surface area contributed by atoms with Crippen LogP contribution in [0, 0.1) is 0 Å². The quantitative estimate of drug-likeness (QED) is 0.555. The van der Waals surface area contributed by atoms with Crippen LogP contribution in [-0.2, 0) is 4.79 Å². The summed E-state index contributed by atoms with van der Waals surface area (Å²) in [5.74, 6) is 2.51.